The molecule has 0 amide bonds. The summed E-state index contributed by atoms with van der Waals surface area (Å²) in [5.74, 6) is 0.641. The van der Waals surface area contributed by atoms with Gasteiger partial charge in [0.1, 0.15) is 5.60 Å². The van der Waals surface area contributed by atoms with Crippen molar-refractivity contribution in [1.29, 1.82) is 0 Å². The maximum Gasteiger partial charge on any atom is 0.435 e. The van der Waals surface area contributed by atoms with Gasteiger partial charge in [0, 0.05) is 16.9 Å². The van der Waals surface area contributed by atoms with Crippen molar-refractivity contribution in [3.8, 4) is 0 Å². The van der Waals surface area contributed by atoms with Gasteiger partial charge >= 0.3 is 6.09 Å². The number of rotatable bonds is 1. The Bertz CT molecular complexity index is 629. The molecule has 0 atom stereocenters. The van der Waals surface area contributed by atoms with E-state index in [0.29, 0.717) is 11.3 Å². The number of halogens is 1. The fourth-order valence-corrected chi connectivity index (χ4v) is 2.08. The van der Waals surface area contributed by atoms with Gasteiger partial charge in [-0.25, -0.2) is 4.79 Å². The zero-order valence-corrected chi connectivity index (χ0v) is 12.9. The van der Waals surface area contributed by atoms with Crippen molar-refractivity contribution in [2.24, 2.45) is 0 Å². The van der Waals surface area contributed by atoms with Crippen LogP contribution in [0.15, 0.2) is 22.7 Å². The first-order valence-corrected chi connectivity index (χ1v) is 6.70. The minimum atomic E-state index is -0.551. The zero-order valence-electron chi connectivity index (χ0n) is 11.3. The van der Waals surface area contributed by atoms with E-state index in [-0.39, 0.29) is 0 Å². The Morgan fingerprint density at radius 1 is 1.42 bits per heavy atom. The molecule has 0 radical (unpaired) electrons. The second-order valence-corrected chi connectivity index (χ2v) is 6.07. The molecule has 0 bridgehead atoms. The molecule has 2 rings (SSSR count). The van der Waals surface area contributed by atoms with E-state index in [1.165, 1.54) is 4.68 Å². The number of nitrogens with zero attached hydrogens (tertiary/aromatic N) is 2. The van der Waals surface area contributed by atoms with Crippen LogP contribution >= 0.6 is 15.9 Å². The van der Waals surface area contributed by atoms with Crippen molar-refractivity contribution in [2.75, 3.05) is 12.4 Å². The lowest BCUT2D eigenvalue weighted by Gasteiger charge is -2.19. The highest BCUT2D eigenvalue weighted by Crippen LogP contribution is 2.26. The highest BCUT2D eigenvalue weighted by atomic mass is 79.9. The Balaban J connectivity index is 2.52. The van der Waals surface area contributed by atoms with Crippen molar-refractivity contribution < 1.29 is 9.53 Å². The highest BCUT2D eigenvalue weighted by Gasteiger charge is 2.21. The molecule has 1 heterocycles. The SMILES string of the molecule is CNc1nn(C(=O)OC(C)(C)C)c2ccc(Br)cc12. The second-order valence-electron chi connectivity index (χ2n) is 5.15. The molecule has 1 N–H and O–H groups in total. The van der Waals surface area contributed by atoms with Gasteiger partial charge in [-0.05, 0) is 39.0 Å². The average Bonchev–Trinajstić information content (AvgIpc) is 2.64. The quantitative estimate of drug-likeness (QED) is 0.869. The molecule has 0 fully saturated rings. The smallest absolute Gasteiger partial charge is 0.435 e. The Hall–Kier alpha value is -1.56. The van der Waals surface area contributed by atoms with Crippen molar-refractivity contribution in [3.05, 3.63) is 22.7 Å². The van der Waals surface area contributed by atoms with Crippen LogP contribution < -0.4 is 5.32 Å². The zero-order chi connectivity index (χ0) is 14.2. The van der Waals surface area contributed by atoms with Gasteiger partial charge < -0.3 is 10.1 Å². The lowest BCUT2D eigenvalue weighted by molar-refractivity contribution is 0.0523. The van der Waals surface area contributed by atoms with Crippen LogP contribution in [0.2, 0.25) is 0 Å². The van der Waals surface area contributed by atoms with Gasteiger partial charge in [0.25, 0.3) is 0 Å². The minimum absolute atomic E-state index is 0.485. The van der Waals surface area contributed by atoms with E-state index in [2.05, 4.69) is 26.3 Å². The molecular formula is C13H16BrN3O2. The maximum absolute atomic E-state index is 12.1. The molecule has 0 unspecified atom stereocenters. The normalized spacial score (nSPS) is 11.6. The predicted molar refractivity (Wildman–Crippen MR) is 78.6 cm³/mol. The molecule has 102 valence electrons. The summed E-state index contributed by atoms with van der Waals surface area (Å²) in [6.07, 6.45) is -0.485. The van der Waals surface area contributed by atoms with E-state index >= 15 is 0 Å². The molecule has 0 saturated heterocycles. The number of benzene rings is 1. The molecule has 0 aliphatic heterocycles. The molecule has 2 aromatic rings. The Morgan fingerprint density at radius 3 is 2.68 bits per heavy atom. The van der Waals surface area contributed by atoms with Gasteiger partial charge in [-0.3, -0.25) is 0 Å². The number of hydrogen-bond acceptors (Lipinski definition) is 4. The first-order chi connectivity index (χ1) is 8.81. The molecule has 0 aliphatic carbocycles. The molecule has 0 saturated carbocycles. The summed E-state index contributed by atoms with van der Waals surface area (Å²) < 4.78 is 7.55. The third-order valence-corrected chi connectivity index (χ3v) is 2.94. The van der Waals surface area contributed by atoms with E-state index in [1.54, 1.807) is 7.05 Å². The first kappa shape index (κ1) is 13.9. The van der Waals surface area contributed by atoms with E-state index in [4.69, 9.17) is 4.74 Å². The molecule has 0 aliphatic rings. The summed E-state index contributed by atoms with van der Waals surface area (Å²) in [6.45, 7) is 5.48. The van der Waals surface area contributed by atoms with E-state index in [0.717, 1.165) is 9.86 Å². The first-order valence-electron chi connectivity index (χ1n) is 5.91. The van der Waals surface area contributed by atoms with Gasteiger partial charge in [-0.1, -0.05) is 15.9 Å². The van der Waals surface area contributed by atoms with Crippen molar-refractivity contribution in [1.82, 2.24) is 9.78 Å². The Morgan fingerprint density at radius 2 is 2.11 bits per heavy atom. The van der Waals surface area contributed by atoms with Crippen LogP contribution in [-0.4, -0.2) is 28.5 Å². The standard InChI is InChI=1S/C13H16BrN3O2/c1-13(2,3)19-12(18)17-10-6-5-8(14)7-9(10)11(15-4)16-17/h5-7H,1-4H3,(H,15,16). The average molecular weight is 326 g/mol. The number of carbonyl (C=O) groups excluding carboxylic acids is 1. The van der Waals surface area contributed by atoms with Gasteiger partial charge in [0.15, 0.2) is 5.82 Å². The number of fused-ring (bicyclic) bond motifs is 1. The van der Waals surface area contributed by atoms with Crippen LogP contribution in [-0.2, 0) is 4.74 Å². The molecule has 0 spiro atoms. The van der Waals surface area contributed by atoms with Crippen LogP contribution in [0.5, 0.6) is 0 Å². The fourth-order valence-electron chi connectivity index (χ4n) is 1.72. The monoisotopic (exact) mass is 325 g/mol. The number of ether oxygens (including phenoxy) is 1. The maximum atomic E-state index is 12.1. The number of anilines is 1. The Kier molecular flexibility index (Phi) is 3.54. The van der Waals surface area contributed by atoms with Crippen LogP contribution in [0.3, 0.4) is 0 Å². The number of aromatic nitrogens is 2. The number of nitrogens with one attached hydrogen (secondary N) is 1. The number of hydrogen-bond donors (Lipinski definition) is 1. The van der Waals surface area contributed by atoms with E-state index in [9.17, 15) is 4.79 Å². The molecule has 1 aromatic heterocycles. The van der Waals surface area contributed by atoms with Gasteiger partial charge in [-0.15, -0.1) is 5.10 Å². The van der Waals surface area contributed by atoms with Crippen LogP contribution in [0, 0.1) is 0 Å². The third-order valence-electron chi connectivity index (χ3n) is 2.45. The summed E-state index contributed by atoms with van der Waals surface area (Å²) in [7, 11) is 1.77. The lowest BCUT2D eigenvalue weighted by atomic mass is 10.2. The Labute approximate surface area is 120 Å². The minimum Gasteiger partial charge on any atom is -0.442 e. The molecule has 5 nitrogen and oxygen atoms in total. The topological polar surface area (TPSA) is 56.2 Å². The van der Waals surface area contributed by atoms with Crippen molar-refractivity contribution >= 4 is 38.7 Å². The summed E-state index contributed by atoms with van der Waals surface area (Å²) in [4.78, 5) is 12.1. The molecule has 1 aromatic carbocycles. The lowest BCUT2D eigenvalue weighted by Crippen LogP contribution is -2.27. The van der Waals surface area contributed by atoms with Gasteiger partial charge in [0.2, 0.25) is 0 Å². The predicted octanol–water partition coefficient (Wildman–Crippen LogP) is 3.62. The summed E-state index contributed by atoms with van der Waals surface area (Å²) in [5, 5.41) is 8.08. The van der Waals surface area contributed by atoms with Gasteiger partial charge in [0.05, 0.1) is 5.52 Å². The number of carbonyl (C=O) groups is 1. The van der Waals surface area contributed by atoms with Crippen LogP contribution in [0.4, 0.5) is 10.6 Å². The second kappa shape index (κ2) is 4.85. The highest BCUT2D eigenvalue weighted by molar-refractivity contribution is 9.10. The summed E-state index contributed by atoms with van der Waals surface area (Å²) in [6, 6.07) is 5.61. The summed E-state index contributed by atoms with van der Waals surface area (Å²) in [5.41, 5.74) is 0.159. The van der Waals surface area contributed by atoms with E-state index < -0.39 is 11.7 Å². The van der Waals surface area contributed by atoms with Crippen LogP contribution in [0.25, 0.3) is 10.9 Å². The molecule has 6 heteroatoms. The molecular weight excluding hydrogens is 310 g/mol. The van der Waals surface area contributed by atoms with Crippen LogP contribution in [0.1, 0.15) is 20.8 Å². The fraction of sp³-hybridized carbons (Fsp3) is 0.385. The molecule has 19 heavy (non-hydrogen) atoms. The van der Waals surface area contributed by atoms with E-state index in [1.807, 2.05) is 39.0 Å². The van der Waals surface area contributed by atoms with Crippen molar-refractivity contribution in [3.63, 3.8) is 0 Å². The van der Waals surface area contributed by atoms with Gasteiger partial charge in [-0.2, -0.15) is 4.68 Å². The third kappa shape index (κ3) is 2.89. The van der Waals surface area contributed by atoms with Crippen molar-refractivity contribution in [2.45, 2.75) is 26.4 Å². The summed E-state index contributed by atoms with van der Waals surface area (Å²) >= 11 is 3.41. The largest absolute Gasteiger partial charge is 0.442 e.